The number of para-hydroxylation sites is 1. The number of halogens is 3. The van der Waals surface area contributed by atoms with Gasteiger partial charge in [-0.3, -0.25) is 5.43 Å². The highest BCUT2D eigenvalue weighted by Crippen LogP contribution is 2.29. The first-order chi connectivity index (χ1) is 13.3. The van der Waals surface area contributed by atoms with Crippen molar-refractivity contribution in [2.75, 3.05) is 36.0 Å². The van der Waals surface area contributed by atoms with Crippen molar-refractivity contribution in [3.05, 3.63) is 53.7 Å². The molecule has 0 unspecified atom stereocenters. The number of hydrogen-bond acceptors (Lipinski definition) is 5. The van der Waals surface area contributed by atoms with E-state index in [1.165, 1.54) is 6.07 Å². The predicted octanol–water partition coefficient (Wildman–Crippen LogP) is 2.59. The minimum atomic E-state index is -4.38. The summed E-state index contributed by atoms with van der Waals surface area (Å²) in [4.78, 5) is 8.15. The molecule has 0 radical (unpaired) electrons. The second-order valence-corrected chi connectivity index (χ2v) is 6.61. The van der Waals surface area contributed by atoms with Gasteiger partial charge >= 0.3 is 6.18 Å². The smallest absolute Gasteiger partial charge is 0.375 e. The van der Waals surface area contributed by atoms with Gasteiger partial charge in [0.05, 0.1) is 11.8 Å². The van der Waals surface area contributed by atoms with Crippen LogP contribution >= 0.6 is 12.2 Å². The fourth-order valence-corrected chi connectivity index (χ4v) is 3.02. The van der Waals surface area contributed by atoms with Crippen LogP contribution in [0.3, 0.4) is 0 Å². The van der Waals surface area contributed by atoms with Gasteiger partial charge in [0.1, 0.15) is 5.82 Å². The highest BCUT2D eigenvalue weighted by Gasteiger charge is 2.31. The predicted molar refractivity (Wildman–Crippen MR) is 108 cm³/mol. The summed E-state index contributed by atoms with van der Waals surface area (Å²) in [5, 5.41) is 4.10. The molecular weight excluding hydrogens is 389 g/mol. The van der Waals surface area contributed by atoms with Gasteiger partial charge in [-0.25, -0.2) is 4.98 Å². The SMILES string of the molecule is NC(=S)NN=Cc1ccccc1N1CCN(c2ccc(C(F)(F)F)cn2)CC1. The van der Waals surface area contributed by atoms with E-state index in [2.05, 4.69) is 20.4 Å². The molecule has 0 aliphatic carbocycles. The van der Waals surface area contributed by atoms with Crippen LogP contribution in [-0.2, 0) is 6.18 Å². The topological polar surface area (TPSA) is 69.8 Å². The number of hydrogen-bond donors (Lipinski definition) is 2. The van der Waals surface area contributed by atoms with Gasteiger partial charge in [-0.15, -0.1) is 0 Å². The third-order valence-electron chi connectivity index (χ3n) is 4.33. The van der Waals surface area contributed by atoms with Gasteiger partial charge < -0.3 is 15.5 Å². The summed E-state index contributed by atoms with van der Waals surface area (Å²) in [5.41, 5.74) is 9.07. The summed E-state index contributed by atoms with van der Waals surface area (Å²) in [7, 11) is 0. The van der Waals surface area contributed by atoms with E-state index in [1.54, 1.807) is 6.21 Å². The molecule has 1 aromatic heterocycles. The number of nitrogens with zero attached hydrogens (tertiary/aromatic N) is 4. The van der Waals surface area contributed by atoms with Gasteiger partial charge in [0.2, 0.25) is 0 Å². The van der Waals surface area contributed by atoms with Crippen LogP contribution in [0.1, 0.15) is 11.1 Å². The zero-order chi connectivity index (χ0) is 20.1. The van der Waals surface area contributed by atoms with Crippen LogP contribution in [0.4, 0.5) is 24.7 Å². The third kappa shape index (κ3) is 4.89. The summed E-state index contributed by atoms with van der Waals surface area (Å²) in [6, 6.07) is 10.3. The van der Waals surface area contributed by atoms with Crippen molar-refractivity contribution in [2.24, 2.45) is 10.8 Å². The second-order valence-electron chi connectivity index (χ2n) is 6.17. The van der Waals surface area contributed by atoms with Gasteiger partial charge in [-0.2, -0.15) is 18.3 Å². The zero-order valence-corrected chi connectivity index (χ0v) is 15.7. The van der Waals surface area contributed by atoms with E-state index >= 15 is 0 Å². The maximum atomic E-state index is 12.7. The Hall–Kier alpha value is -2.88. The summed E-state index contributed by atoms with van der Waals surface area (Å²) < 4.78 is 38.0. The lowest BCUT2D eigenvalue weighted by Crippen LogP contribution is -2.47. The van der Waals surface area contributed by atoms with Gasteiger partial charge in [-0.05, 0) is 30.4 Å². The van der Waals surface area contributed by atoms with E-state index < -0.39 is 11.7 Å². The Morgan fingerprint density at radius 3 is 2.39 bits per heavy atom. The number of pyridine rings is 1. The number of thiocarbonyl (C=S) groups is 1. The lowest BCUT2D eigenvalue weighted by molar-refractivity contribution is -0.137. The highest BCUT2D eigenvalue weighted by molar-refractivity contribution is 7.80. The normalized spacial score (nSPS) is 15.1. The Kier molecular flexibility index (Phi) is 5.98. The number of nitrogens with one attached hydrogen (secondary N) is 1. The highest BCUT2D eigenvalue weighted by atomic mass is 32.1. The second kappa shape index (κ2) is 8.42. The summed E-state index contributed by atoms with van der Waals surface area (Å²) in [6.07, 6.45) is -1.85. The van der Waals surface area contributed by atoms with Crippen LogP contribution in [-0.4, -0.2) is 42.5 Å². The van der Waals surface area contributed by atoms with Crippen LogP contribution < -0.4 is 21.0 Å². The Morgan fingerprint density at radius 2 is 1.79 bits per heavy atom. The lowest BCUT2D eigenvalue weighted by Gasteiger charge is -2.37. The first kappa shape index (κ1) is 19.9. The molecule has 1 aromatic carbocycles. The zero-order valence-electron chi connectivity index (χ0n) is 14.9. The first-order valence-electron chi connectivity index (χ1n) is 8.55. The summed E-state index contributed by atoms with van der Waals surface area (Å²) in [6.45, 7) is 2.70. The number of aromatic nitrogens is 1. The average molecular weight is 408 g/mol. The Balaban J connectivity index is 1.66. The number of nitrogens with two attached hydrogens (primary N) is 1. The molecule has 1 fully saturated rings. The van der Waals surface area contributed by atoms with Crippen LogP contribution in [0.2, 0.25) is 0 Å². The number of benzene rings is 1. The maximum Gasteiger partial charge on any atom is 0.417 e. The number of anilines is 2. The molecule has 0 amide bonds. The van der Waals surface area contributed by atoms with Gasteiger partial charge in [0, 0.05) is 43.6 Å². The Bertz CT molecular complexity index is 845. The van der Waals surface area contributed by atoms with Crippen molar-refractivity contribution in [1.82, 2.24) is 10.4 Å². The van der Waals surface area contributed by atoms with Crippen molar-refractivity contribution < 1.29 is 13.2 Å². The number of hydrazone groups is 1. The van der Waals surface area contributed by atoms with Crippen LogP contribution in [0.15, 0.2) is 47.7 Å². The first-order valence-corrected chi connectivity index (χ1v) is 8.96. The fourth-order valence-electron chi connectivity index (χ4n) is 2.97. The van der Waals surface area contributed by atoms with E-state index in [9.17, 15) is 13.2 Å². The van der Waals surface area contributed by atoms with Crippen LogP contribution in [0.25, 0.3) is 0 Å². The molecule has 0 atom stereocenters. The molecule has 28 heavy (non-hydrogen) atoms. The van der Waals surface area contributed by atoms with E-state index in [1.807, 2.05) is 29.2 Å². The largest absolute Gasteiger partial charge is 0.417 e. The molecule has 1 aliphatic rings. The van der Waals surface area contributed by atoms with E-state index in [0.717, 1.165) is 23.5 Å². The van der Waals surface area contributed by atoms with Crippen molar-refractivity contribution in [2.45, 2.75) is 6.18 Å². The van der Waals surface area contributed by atoms with E-state index in [0.29, 0.717) is 32.0 Å². The fraction of sp³-hybridized carbons (Fsp3) is 0.278. The quantitative estimate of drug-likeness (QED) is 0.461. The molecule has 2 aromatic rings. The molecule has 0 bridgehead atoms. The standard InChI is InChI=1S/C18H19F3N6S/c19-18(20,21)14-5-6-16(23-12-14)27-9-7-26(8-10-27)15-4-2-1-3-13(15)11-24-25-17(22)28/h1-6,11-12H,7-10H2,(H3,22,25,28). The third-order valence-corrected chi connectivity index (χ3v) is 4.43. The molecule has 1 saturated heterocycles. The number of alkyl halides is 3. The molecule has 1 aliphatic heterocycles. The van der Waals surface area contributed by atoms with E-state index in [4.69, 9.17) is 18.0 Å². The minimum absolute atomic E-state index is 0.0892. The molecule has 0 saturated carbocycles. The van der Waals surface area contributed by atoms with Crippen molar-refractivity contribution >= 4 is 35.1 Å². The monoisotopic (exact) mass is 408 g/mol. The molecule has 2 heterocycles. The summed E-state index contributed by atoms with van der Waals surface area (Å²) >= 11 is 4.73. The van der Waals surface area contributed by atoms with Crippen LogP contribution in [0.5, 0.6) is 0 Å². The van der Waals surface area contributed by atoms with Gasteiger partial charge in [-0.1, -0.05) is 18.2 Å². The lowest BCUT2D eigenvalue weighted by atomic mass is 10.1. The van der Waals surface area contributed by atoms with Gasteiger partial charge in [0.15, 0.2) is 5.11 Å². The molecule has 3 rings (SSSR count). The van der Waals surface area contributed by atoms with E-state index in [-0.39, 0.29) is 5.11 Å². The Labute approximate surface area is 165 Å². The maximum absolute atomic E-state index is 12.7. The van der Waals surface area contributed by atoms with Crippen molar-refractivity contribution in [3.8, 4) is 0 Å². The molecule has 6 nitrogen and oxygen atoms in total. The number of rotatable bonds is 4. The van der Waals surface area contributed by atoms with Crippen LogP contribution in [0, 0.1) is 0 Å². The number of piperazine rings is 1. The molecule has 3 N–H and O–H groups in total. The Morgan fingerprint density at radius 1 is 1.11 bits per heavy atom. The minimum Gasteiger partial charge on any atom is -0.375 e. The molecule has 10 heteroatoms. The summed E-state index contributed by atoms with van der Waals surface area (Å²) in [5.74, 6) is 0.545. The average Bonchev–Trinajstić information content (AvgIpc) is 2.68. The van der Waals surface area contributed by atoms with Crippen molar-refractivity contribution in [3.63, 3.8) is 0 Å². The molecular formula is C18H19F3N6S. The molecule has 0 spiro atoms. The molecule has 148 valence electrons. The van der Waals surface area contributed by atoms with Crippen molar-refractivity contribution in [1.29, 1.82) is 0 Å². The van der Waals surface area contributed by atoms with Gasteiger partial charge in [0.25, 0.3) is 0 Å².